The molecule has 4 atom stereocenters. The molecule has 0 N–H and O–H groups in total. The second-order valence-electron chi connectivity index (χ2n) is 8.43. The number of fused-ring (bicyclic) bond motifs is 7. The van der Waals surface area contributed by atoms with Crippen LogP contribution >= 0.6 is 0 Å². The van der Waals surface area contributed by atoms with Gasteiger partial charge in [0.15, 0.2) is 5.78 Å². The fraction of sp³-hybridized carbons (Fsp3) is 0.346. The zero-order valence-electron chi connectivity index (χ0n) is 18.6. The van der Waals surface area contributed by atoms with Crippen molar-refractivity contribution in [2.45, 2.75) is 38.3 Å². The molecule has 7 heteroatoms. The first-order chi connectivity index (χ1) is 16.1. The van der Waals surface area contributed by atoms with Crippen LogP contribution in [0.4, 0.5) is 9.59 Å². The maximum atomic E-state index is 13.1. The quantitative estimate of drug-likeness (QED) is 0.505. The lowest BCUT2D eigenvalue weighted by Gasteiger charge is -2.42. The molecule has 3 aliphatic rings. The Morgan fingerprint density at radius 2 is 1.42 bits per heavy atom. The summed E-state index contributed by atoms with van der Waals surface area (Å²) in [6, 6.07) is 16.6. The normalized spacial score (nSPS) is 25.7. The number of benzene rings is 2. The Labute approximate surface area is 192 Å². The van der Waals surface area contributed by atoms with Crippen LogP contribution in [-0.4, -0.2) is 53.3 Å². The maximum absolute atomic E-state index is 13.1. The molecule has 0 radical (unpaired) electrons. The van der Waals surface area contributed by atoms with E-state index in [-0.39, 0.29) is 42.9 Å². The average Bonchev–Trinajstić information content (AvgIpc) is 3.49. The summed E-state index contributed by atoms with van der Waals surface area (Å²) in [7, 11) is 0. The number of amides is 2. The monoisotopic (exact) mass is 446 g/mol. The molecule has 2 aromatic carbocycles. The largest absolute Gasteiger partial charge is 0.448 e. The third-order valence-electron chi connectivity index (χ3n) is 6.80. The summed E-state index contributed by atoms with van der Waals surface area (Å²) < 4.78 is 10.6. The summed E-state index contributed by atoms with van der Waals surface area (Å²) in [5, 5.41) is 2.85. The Morgan fingerprint density at radius 1 is 0.848 bits per heavy atom. The van der Waals surface area contributed by atoms with E-state index in [1.807, 2.05) is 36.4 Å². The fourth-order valence-electron chi connectivity index (χ4n) is 5.70. The number of rotatable bonds is 4. The van der Waals surface area contributed by atoms with Crippen molar-refractivity contribution in [2.75, 3.05) is 13.2 Å². The molecule has 0 unspecified atom stereocenters. The van der Waals surface area contributed by atoms with E-state index >= 15 is 0 Å². The van der Waals surface area contributed by atoms with Crippen molar-refractivity contribution in [3.63, 3.8) is 0 Å². The molecule has 1 saturated carbocycles. The molecule has 2 aromatic rings. The topological polar surface area (TPSA) is 76.2 Å². The van der Waals surface area contributed by atoms with Gasteiger partial charge in [-0.25, -0.2) is 19.6 Å². The molecule has 1 saturated heterocycles. The number of allylic oxidation sites excluding steroid dienone is 1. The second kappa shape index (κ2) is 8.39. The minimum Gasteiger partial charge on any atom is -0.448 e. The van der Waals surface area contributed by atoms with E-state index in [2.05, 4.69) is 6.07 Å². The highest BCUT2D eigenvalue weighted by molar-refractivity contribution is 6.09. The average molecular weight is 447 g/mol. The summed E-state index contributed by atoms with van der Waals surface area (Å²) in [6.07, 6.45) is 1.20. The van der Waals surface area contributed by atoms with Crippen LogP contribution in [0.1, 0.15) is 47.7 Å². The number of hydrogen-bond acceptors (Lipinski definition) is 5. The molecule has 0 spiro atoms. The molecule has 2 aliphatic carbocycles. The third kappa shape index (κ3) is 3.30. The van der Waals surface area contributed by atoms with E-state index in [1.54, 1.807) is 32.1 Å². The molecule has 33 heavy (non-hydrogen) atoms. The predicted octanol–water partition coefficient (Wildman–Crippen LogP) is 4.65. The van der Waals surface area contributed by atoms with Gasteiger partial charge in [0, 0.05) is 17.4 Å². The van der Waals surface area contributed by atoms with E-state index < -0.39 is 12.2 Å². The minimum absolute atomic E-state index is 0.0175. The van der Waals surface area contributed by atoms with Crippen molar-refractivity contribution in [3.05, 3.63) is 77.4 Å². The van der Waals surface area contributed by atoms with Gasteiger partial charge >= 0.3 is 12.2 Å². The first-order valence-corrected chi connectivity index (χ1v) is 11.4. The minimum atomic E-state index is -0.568. The lowest BCUT2D eigenvalue weighted by Crippen LogP contribution is -2.57. The highest BCUT2D eigenvalue weighted by atomic mass is 16.6. The lowest BCUT2D eigenvalue weighted by atomic mass is 9.87. The van der Waals surface area contributed by atoms with Gasteiger partial charge in [0.25, 0.3) is 0 Å². The fourth-order valence-corrected chi connectivity index (χ4v) is 5.70. The van der Waals surface area contributed by atoms with Crippen LogP contribution in [0, 0.1) is 5.92 Å². The van der Waals surface area contributed by atoms with Gasteiger partial charge in [0.1, 0.15) is 0 Å². The number of hydrogen-bond donors (Lipinski definition) is 0. The Bertz CT molecular complexity index is 1130. The van der Waals surface area contributed by atoms with Crippen LogP contribution in [0.25, 0.3) is 5.57 Å². The van der Waals surface area contributed by atoms with Crippen LogP contribution in [0.3, 0.4) is 0 Å². The Hall–Kier alpha value is -3.61. The summed E-state index contributed by atoms with van der Waals surface area (Å²) in [5.41, 5.74) is 3.63. The smallest absolute Gasteiger partial charge is 0.429 e. The molecule has 1 aliphatic heterocycles. The molecule has 2 bridgehead atoms. The van der Waals surface area contributed by atoms with Crippen LogP contribution in [0.2, 0.25) is 0 Å². The third-order valence-corrected chi connectivity index (χ3v) is 6.80. The molecule has 170 valence electrons. The van der Waals surface area contributed by atoms with Gasteiger partial charge in [-0.3, -0.25) is 4.79 Å². The standard InChI is InChI=1S/C26H26N2O5/c1-3-32-25(30)27-20-15-21(28(27)26(31)33-4-2)24-19(14-22(29)16-10-6-5-7-11-16)17-12-8-9-13-18(17)23(20)24/h5-14,20-21,23-24H,3-4,15H2,1-2H3/b19-14+/t20-,21+,23+,24-/m0/s1. The maximum Gasteiger partial charge on any atom is 0.429 e. The Kier molecular flexibility index (Phi) is 5.40. The highest BCUT2D eigenvalue weighted by Gasteiger charge is 2.64. The second-order valence-corrected chi connectivity index (χ2v) is 8.43. The van der Waals surface area contributed by atoms with Crippen molar-refractivity contribution in [1.29, 1.82) is 0 Å². The number of ketones is 1. The first-order valence-electron chi connectivity index (χ1n) is 11.4. The highest BCUT2D eigenvalue weighted by Crippen LogP contribution is 2.60. The van der Waals surface area contributed by atoms with Gasteiger partial charge < -0.3 is 9.47 Å². The van der Waals surface area contributed by atoms with Crippen LogP contribution in [0.5, 0.6) is 0 Å². The molecular formula is C26H26N2O5. The number of carbonyl (C=O) groups is 3. The van der Waals surface area contributed by atoms with E-state index in [4.69, 9.17) is 9.47 Å². The number of carbonyl (C=O) groups excluding carboxylic acids is 3. The van der Waals surface area contributed by atoms with Crippen molar-refractivity contribution >= 4 is 23.5 Å². The number of ether oxygens (including phenoxy) is 2. The molecule has 1 heterocycles. The molecule has 7 nitrogen and oxygen atoms in total. The predicted molar refractivity (Wildman–Crippen MR) is 121 cm³/mol. The van der Waals surface area contributed by atoms with Crippen LogP contribution in [0.15, 0.2) is 60.7 Å². The molecule has 2 amide bonds. The van der Waals surface area contributed by atoms with Gasteiger partial charge in [0.2, 0.25) is 0 Å². The summed E-state index contributed by atoms with van der Waals surface area (Å²) in [4.78, 5) is 38.9. The zero-order chi connectivity index (χ0) is 23.1. The van der Waals surface area contributed by atoms with Gasteiger partial charge in [0.05, 0.1) is 25.3 Å². The Balaban J connectivity index is 1.59. The Morgan fingerprint density at radius 3 is 2.06 bits per heavy atom. The summed E-state index contributed by atoms with van der Waals surface area (Å²) in [5.74, 6) is -0.194. The summed E-state index contributed by atoms with van der Waals surface area (Å²) in [6.45, 7) is 3.89. The molecule has 0 aromatic heterocycles. The van der Waals surface area contributed by atoms with Gasteiger partial charge in [-0.1, -0.05) is 54.6 Å². The molecular weight excluding hydrogens is 420 g/mol. The zero-order valence-corrected chi connectivity index (χ0v) is 18.6. The van der Waals surface area contributed by atoms with Crippen molar-refractivity contribution in [3.8, 4) is 0 Å². The first kappa shape index (κ1) is 21.2. The van der Waals surface area contributed by atoms with E-state index in [9.17, 15) is 14.4 Å². The van der Waals surface area contributed by atoms with Gasteiger partial charge in [-0.15, -0.1) is 0 Å². The SMILES string of the molecule is CCOC(=O)N1[C@@H]2C[C@@H]([C@H]3c4ccccc4/C(=C\C(=O)c4ccccc4)[C@H]32)N1C(=O)OCC. The van der Waals surface area contributed by atoms with E-state index in [0.717, 1.165) is 16.7 Å². The molecule has 2 fully saturated rings. The van der Waals surface area contributed by atoms with E-state index in [1.165, 1.54) is 10.0 Å². The van der Waals surface area contributed by atoms with Crippen molar-refractivity contribution in [1.82, 2.24) is 10.0 Å². The van der Waals surface area contributed by atoms with Crippen LogP contribution in [-0.2, 0) is 9.47 Å². The van der Waals surface area contributed by atoms with E-state index in [0.29, 0.717) is 12.0 Å². The van der Waals surface area contributed by atoms with Crippen molar-refractivity contribution in [2.24, 2.45) is 5.92 Å². The van der Waals surface area contributed by atoms with Gasteiger partial charge in [-0.2, -0.15) is 0 Å². The number of hydrazine groups is 1. The number of nitrogens with zero attached hydrogens (tertiary/aromatic N) is 2. The van der Waals surface area contributed by atoms with Crippen molar-refractivity contribution < 1.29 is 23.9 Å². The molecule has 5 rings (SSSR count). The van der Waals surface area contributed by atoms with Crippen LogP contribution < -0.4 is 0 Å². The summed E-state index contributed by atoms with van der Waals surface area (Å²) >= 11 is 0. The lowest BCUT2D eigenvalue weighted by molar-refractivity contribution is -0.0512. The van der Waals surface area contributed by atoms with Gasteiger partial charge in [-0.05, 0) is 43.0 Å².